The zero-order chi connectivity index (χ0) is 15.7. The SMILES string of the molecule is CCOCCOC(C)C(=O)NC(C(=O)O)c1ccccc1. The highest BCUT2D eigenvalue weighted by molar-refractivity contribution is 5.86. The van der Waals surface area contributed by atoms with Crippen molar-refractivity contribution < 1.29 is 24.2 Å². The zero-order valence-electron chi connectivity index (χ0n) is 12.2. The van der Waals surface area contributed by atoms with Gasteiger partial charge in [0.1, 0.15) is 6.10 Å². The molecular formula is C15H21NO5. The second kappa shape index (κ2) is 9.10. The average molecular weight is 295 g/mol. The Hall–Kier alpha value is -1.92. The Morgan fingerprint density at radius 2 is 1.90 bits per heavy atom. The lowest BCUT2D eigenvalue weighted by atomic mass is 10.1. The molecule has 0 radical (unpaired) electrons. The number of carboxylic acid groups (broad SMARTS) is 1. The molecule has 6 heteroatoms. The molecule has 0 aliphatic carbocycles. The molecule has 0 saturated heterocycles. The number of nitrogens with one attached hydrogen (secondary N) is 1. The number of aliphatic carboxylic acids is 1. The molecule has 0 heterocycles. The molecule has 0 aromatic heterocycles. The van der Waals surface area contributed by atoms with Gasteiger partial charge in [0.2, 0.25) is 5.91 Å². The smallest absolute Gasteiger partial charge is 0.330 e. The molecule has 2 atom stereocenters. The number of carboxylic acids is 1. The Bertz CT molecular complexity index is 449. The van der Waals surface area contributed by atoms with Crippen molar-refractivity contribution >= 4 is 11.9 Å². The number of hydrogen-bond donors (Lipinski definition) is 2. The van der Waals surface area contributed by atoms with Crippen molar-refractivity contribution in [1.82, 2.24) is 5.32 Å². The Kier molecular flexibility index (Phi) is 7.42. The maximum absolute atomic E-state index is 12.0. The number of amides is 1. The summed E-state index contributed by atoms with van der Waals surface area (Å²) in [5.41, 5.74) is 0.514. The zero-order valence-corrected chi connectivity index (χ0v) is 12.2. The minimum absolute atomic E-state index is 0.283. The van der Waals surface area contributed by atoms with E-state index >= 15 is 0 Å². The summed E-state index contributed by atoms with van der Waals surface area (Å²) in [6, 6.07) is 7.44. The highest BCUT2D eigenvalue weighted by Crippen LogP contribution is 2.13. The molecule has 0 bridgehead atoms. The van der Waals surface area contributed by atoms with Crippen LogP contribution in [0.4, 0.5) is 0 Å². The van der Waals surface area contributed by atoms with Crippen LogP contribution in [0, 0.1) is 0 Å². The maximum Gasteiger partial charge on any atom is 0.330 e. The highest BCUT2D eigenvalue weighted by Gasteiger charge is 2.24. The molecule has 0 spiro atoms. The van der Waals surface area contributed by atoms with Crippen LogP contribution in [0.25, 0.3) is 0 Å². The lowest BCUT2D eigenvalue weighted by Crippen LogP contribution is -2.40. The second-order valence-corrected chi connectivity index (χ2v) is 4.40. The van der Waals surface area contributed by atoms with E-state index in [4.69, 9.17) is 9.47 Å². The number of hydrogen-bond acceptors (Lipinski definition) is 4. The minimum Gasteiger partial charge on any atom is -0.479 e. The number of benzene rings is 1. The normalized spacial score (nSPS) is 13.4. The van der Waals surface area contributed by atoms with Crippen LogP contribution in [0.1, 0.15) is 25.5 Å². The number of carbonyl (C=O) groups is 2. The van der Waals surface area contributed by atoms with Crippen molar-refractivity contribution in [1.29, 1.82) is 0 Å². The average Bonchev–Trinajstić information content (AvgIpc) is 2.49. The third-order valence-corrected chi connectivity index (χ3v) is 2.84. The predicted molar refractivity (Wildman–Crippen MR) is 76.9 cm³/mol. The summed E-state index contributed by atoms with van der Waals surface area (Å²) in [5, 5.41) is 11.7. The molecule has 1 rings (SSSR count). The van der Waals surface area contributed by atoms with Crippen LogP contribution in [-0.4, -0.2) is 42.9 Å². The summed E-state index contributed by atoms with van der Waals surface area (Å²) < 4.78 is 10.4. The van der Waals surface area contributed by atoms with Crippen molar-refractivity contribution in [3.8, 4) is 0 Å². The molecule has 21 heavy (non-hydrogen) atoms. The largest absolute Gasteiger partial charge is 0.479 e. The monoisotopic (exact) mass is 295 g/mol. The van der Waals surface area contributed by atoms with Crippen LogP contribution >= 0.6 is 0 Å². The van der Waals surface area contributed by atoms with Crippen LogP contribution in [0.3, 0.4) is 0 Å². The van der Waals surface area contributed by atoms with Gasteiger partial charge in [-0.2, -0.15) is 0 Å². The standard InChI is InChI=1S/C15H21NO5/c1-3-20-9-10-21-11(2)14(17)16-13(15(18)19)12-7-5-4-6-8-12/h4-8,11,13H,3,9-10H2,1-2H3,(H,16,17)(H,18,19). The summed E-state index contributed by atoms with van der Waals surface area (Å²) in [4.78, 5) is 23.2. The van der Waals surface area contributed by atoms with Gasteiger partial charge in [0.15, 0.2) is 6.04 Å². The fraction of sp³-hybridized carbons (Fsp3) is 0.467. The summed E-state index contributed by atoms with van der Waals surface area (Å²) >= 11 is 0. The topological polar surface area (TPSA) is 84.9 Å². The molecule has 0 aliphatic rings. The number of rotatable bonds is 9. The third-order valence-electron chi connectivity index (χ3n) is 2.84. The fourth-order valence-corrected chi connectivity index (χ4v) is 1.70. The van der Waals surface area contributed by atoms with Crippen molar-refractivity contribution in [3.63, 3.8) is 0 Å². The third kappa shape index (κ3) is 5.93. The first-order valence-electron chi connectivity index (χ1n) is 6.83. The van der Waals surface area contributed by atoms with Gasteiger partial charge in [-0.3, -0.25) is 4.79 Å². The van der Waals surface area contributed by atoms with Crippen LogP contribution in [0.15, 0.2) is 30.3 Å². The molecular weight excluding hydrogens is 274 g/mol. The van der Waals surface area contributed by atoms with Gasteiger partial charge in [0.25, 0.3) is 0 Å². The molecule has 6 nitrogen and oxygen atoms in total. The Labute approximate surface area is 124 Å². The summed E-state index contributed by atoms with van der Waals surface area (Å²) in [6.45, 7) is 4.71. The van der Waals surface area contributed by atoms with Crippen LogP contribution in [-0.2, 0) is 19.1 Å². The van der Waals surface area contributed by atoms with Crippen molar-refractivity contribution in [2.45, 2.75) is 26.0 Å². The van der Waals surface area contributed by atoms with Crippen LogP contribution in [0.2, 0.25) is 0 Å². The quantitative estimate of drug-likeness (QED) is 0.672. The number of ether oxygens (including phenoxy) is 2. The highest BCUT2D eigenvalue weighted by atomic mass is 16.5. The van der Waals surface area contributed by atoms with E-state index in [-0.39, 0.29) is 6.61 Å². The molecule has 0 saturated carbocycles. The lowest BCUT2D eigenvalue weighted by molar-refractivity contribution is -0.144. The second-order valence-electron chi connectivity index (χ2n) is 4.40. The van der Waals surface area contributed by atoms with Gasteiger partial charge in [-0.05, 0) is 19.4 Å². The van der Waals surface area contributed by atoms with Crippen LogP contribution in [0.5, 0.6) is 0 Å². The van der Waals surface area contributed by atoms with Crippen molar-refractivity contribution in [2.75, 3.05) is 19.8 Å². The van der Waals surface area contributed by atoms with Gasteiger partial charge in [-0.1, -0.05) is 30.3 Å². The van der Waals surface area contributed by atoms with E-state index in [1.165, 1.54) is 0 Å². The van der Waals surface area contributed by atoms with E-state index in [0.717, 1.165) is 0 Å². The van der Waals surface area contributed by atoms with E-state index in [1.54, 1.807) is 37.3 Å². The molecule has 0 aliphatic heterocycles. The molecule has 0 fully saturated rings. The van der Waals surface area contributed by atoms with Gasteiger partial charge >= 0.3 is 5.97 Å². The van der Waals surface area contributed by atoms with Gasteiger partial charge in [-0.25, -0.2) is 4.79 Å². The van der Waals surface area contributed by atoms with Gasteiger partial charge in [0.05, 0.1) is 13.2 Å². The van der Waals surface area contributed by atoms with E-state index < -0.39 is 24.0 Å². The molecule has 1 aromatic rings. The van der Waals surface area contributed by atoms with E-state index in [2.05, 4.69) is 5.32 Å². The van der Waals surface area contributed by atoms with Gasteiger partial charge in [-0.15, -0.1) is 0 Å². The number of carbonyl (C=O) groups excluding carboxylic acids is 1. The maximum atomic E-state index is 12.0. The first kappa shape index (κ1) is 17.1. The first-order valence-corrected chi connectivity index (χ1v) is 6.83. The van der Waals surface area contributed by atoms with Crippen molar-refractivity contribution in [2.24, 2.45) is 0 Å². The molecule has 1 amide bonds. The van der Waals surface area contributed by atoms with Gasteiger partial charge < -0.3 is 19.9 Å². The van der Waals surface area contributed by atoms with Crippen LogP contribution < -0.4 is 5.32 Å². The van der Waals surface area contributed by atoms with Crippen molar-refractivity contribution in [3.05, 3.63) is 35.9 Å². The Morgan fingerprint density at radius 1 is 1.24 bits per heavy atom. The summed E-state index contributed by atoms with van der Waals surface area (Å²) in [7, 11) is 0. The summed E-state index contributed by atoms with van der Waals surface area (Å²) in [5.74, 6) is -1.58. The Morgan fingerprint density at radius 3 is 2.48 bits per heavy atom. The summed E-state index contributed by atoms with van der Waals surface area (Å²) in [6.07, 6.45) is -0.740. The minimum atomic E-state index is -1.11. The van der Waals surface area contributed by atoms with E-state index in [1.807, 2.05) is 6.92 Å². The predicted octanol–water partition coefficient (Wildman–Crippen LogP) is 1.37. The van der Waals surface area contributed by atoms with Gasteiger partial charge in [0, 0.05) is 6.61 Å². The van der Waals surface area contributed by atoms with E-state index in [0.29, 0.717) is 18.8 Å². The Balaban J connectivity index is 2.55. The molecule has 1 aromatic carbocycles. The lowest BCUT2D eigenvalue weighted by Gasteiger charge is -2.18. The first-order chi connectivity index (χ1) is 10.1. The molecule has 116 valence electrons. The van der Waals surface area contributed by atoms with E-state index in [9.17, 15) is 14.7 Å². The fourth-order valence-electron chi connectivity index (χ4n) is 1.70. The molecule has 2 N–H and O–H groups in total. The molecule has 2 unspecified atom stereocenters.